The number of hydrogen-bond acceptors (Lipinski definition) is 4. The van der Waals surface area contributed by atoms with Gasteiger partial charge < -0.3 is 5.32 Å². The normalized spacial score (nSPS) is 17.4. The van der Waals surface area contributed by atoms with Crippen molar-refractivity contribution in [3.05, 3.63) is 16.3 Å². The fraction of sp³-hybridized carbons (Fsp3) is 0.625. The van der Waals surface area contributed by atoms with Gasteiger partial charge in [0.2, 0.25) is 0 Å². The lowest BCUT2D eigenvalue weighted by molar-refractivity contribution is 0.564. The van der Waals surface area contributed by atoms with E-state index in [1.54, 1.807) is 11.3 Å². The van der Waals surface area contributed by atoms with Crippen LogP contribution in [0.25, 0.3) is 10.2 Å². The van der Waals surface area contributed by atoms with Crippen LogP contribution in [-0.4, -0.2) is 17.0 Å². The SMILES string of the molecule is CNc1nc(C2CCCCCC2)nc2sc(C)c(C)c12. The Bertz CT molecular complexity index is 610. The lowest BCUT2D eigenvalue weighted by Crippen LogP contribution is -2.06. The van der Waals surface area contributed by atoms with Crippen LogP contribution in [0, 0.1) is 13.8 Å². The maximum absolute atomic E-state index is 4.90. The second-order valence-electron chi connectivity index (χ2n) is 5.83. The van der Waals surface area contributed by atoms with E-state index in [2.05, 4.69) is 19.2 Å². The number of thiophene rings is 1. The molecule has 0 spiro atoms. The van der Waals surface area contributed by atoms with Crippen molar-refractivity contribution in [3.63, 3.8) is 0 Å². The molecule has 0 unspecified atom stereocenters. The summed E-state index contributed by atoms with van der Waals surface area (Å²) in [6.07, 6.45) is 7.88. The average molecular weight is 289 g/mol. The van der Waals surface area contributed by atoms with Gasteiger partial charge in [0.05, 0.1) is 5.39 Å². The van der Waals surface area contributed by atoms with E-state index in [9.17, 15) is 0 Å². The Labute approximate surface area is 124 Å². The Morgan fingerprint density at radius 2 is 1.75 bits per heavy atom. The van der Waals surface area contributed by atoms with Crippen LogP contribution >= 0.6 is 11.3 Å². The van der Waals surface area contributed by atoms with Crippen molar-refractivity contribution in [1.82, 2.24) is 9.97 Å². The molecular weight excluding hydrogens is 266 g/mol. The highest BCUT2D eigenvalue weighted by atomic mass is 32.1. The number of hydrogen-bond donors (Lipinski definition) is 1. The molecule has 0 amide bonds. The number of fused-ring (bicyclic) bond motifs is 1. The van der Waals surface area contributed by atoms with Crippen molar-refractivity contribution in [3.8, 4) is 0 Å². The van der Waals surface area contributed by atoms with Gasteiger partial charge in [0.15, 0.2) is 0 Å². The third-order valence-electron chi connectivity index (χ3n) is 4.50. The smallest absolute Gasteiger partial charge is 0.138 e. The molecule has 0 radical (unpaired) electrons. The molecule has 4 heteroatoms. The Morgan fingerprint density at radius 1 is 1.05 bits per heavy atom. The summed E-state index contributed by atoms with van der Waals surface area (Å²) in [5, 5.41) is 4.49. The minimum absolute atomic E-state index is 0.553. The number of nitrogens with one attached hydrogen (secondary N) is 1. The molecule has 1 saturated carbocycles. The molecule has 0 aliphatic heterocycles. The summed E-state index contributed by atoms with van der Waals surface area (Å²) in [6.45, 7) is 4.34. The zero-order chi connectivity index (χ0) is 14.1. The van der Waals surface area contributed by atoms with Gasteiger partial charge in [-0.1, -0.05) is 25.7 Å². The summed E-state index contributed by atoms with van der Waals surface area (Å²) in [7, 11) is 1.96. The maximum atomic E-state index is 4.90. The first-order valence-electron chi connectivity index (χ1n) is 7.66. The molecule has 2 heterocycles. The van der Waals surface area contributed by atoms with Crippen molar-refractivity contribution in [2.75, 3.05) is 12.4 Å². The van der Waals surface area contributed by atoms with Crippen LogP contribution < -0.4 is 5.32 Å². The molecule has 2 aromatic heterocycles. The van der Waals surface area contributed by atoms with Gasteiger partial charge in [-0.15, -0.1) is 11.3 Å². The fourth-order valence-electron chi connectivity index (χ4n) is 3.17. The van der Waals surface area contributed by atoms with Crippen molar-refractivity contribution >= 4 is 27.4 Å². The van der Waals surface area contributed by atoms with E-state index in [0.717, 1.165) is 16.5 Å². The minimum atomic E-state index is 0.553. The molecule has 0 bridgehead atoms. The van der Waals surface area contributed by atoms with Crippen LogP contribution in [0.5, 0.6) is 0 Å². The molecule has 2 aromatic rings. The van der Waals surface area contributed by atoms with E-state index in [1.807, 2.05) is 7.05 Å². The number of nitrogens with zero attached hydrogens (tertiary/aromatic N) is 2. The summed E-state index contributed by atoms with van der Waals surface area (Å²) in [5.74, 6) is 2.62. The Kier molecular flexibility index (Phi) is 3.92. The van der Waals surface area contributed by atoms with Gasteiger partial charge in [0.25, 0.3) is 0 Å². The highest BCUT2D eigenvalue weighted by Gasteiger charge is 2.20. The predicted octanol–water partition coefficient (Wildman–Crippen LogP) is 4.79. The highest BCUT2D eigenvalue weighted by Crippen LogP contribution is 2.36. The summed E-state index contributed by atoms with van der Waals surface area (Å²) in [6, 6.07) is 0. The van der Waals surface area contributed by atoms with Crippen LogP contribution in [0.15, 0.2) is 0 Å². The van der Waals surface area contributed by atoms with Gasteiger partial charge in [-0.25, -0.2) is 9.97 Å². The molecule has 1 N–H and O–H groups in total. The zero-order valence-electron chi connectivity index (χ0n) is 12.6. The largest absolute Gasteiger partial charge is 0.372 e. The Morgan fingerprint density at radius 3 is 2.40 bits per heavy atom. The molecule has 3 nitrogen and oxygen atoms in total. The van der Waals surface area contributed by atoms with Crippen LogP contribution in [0.4, 0.5) is 5.82 Å². The number of aromatic nitrogens is 2. The third-order valence-corrected chi connectivity index (χ3v) is 5.60. The molecule has 0 saturated heterocycles. The fourth-order valence-corrected chi connectivity index (χ4v) is 4.20. The van der Waals surface area contributed by atoms with E-state index in [4.69, 9.17) is 9.97 Å². The average Bonchev–Trinajstić information content (AvgIpc) is 2.66. The highest BCUT2D eigenvalue weighted by molar-refractivity contribution is 7.18. The van der Waals surface area contributed by atoms with Crippen LogP contribution in [0.1, 0.15) is 60.7 Å². The lowest BCUT2D eigenvalue weighted by atomic mass is 9.99. The Balaban J connectivity index is 2.07. The van der Waals surface area contributed by atoms with E-state index >= 15 is 0 Å². The molecule has 20 heavy (non-hydrogen) atoms. The minimum Gasteiger partial charge on any atom is -0.372 e. The first kappa shape index (κ1) is 13.8. The summed E-state index contributed by atoms with van der Waals surface area (Å²) in [4.78, 5) is 12.2. The van der Waals surface area contributed by atoms with E-state index < -0.39 is 0 Å². The van der Waals surface area contributed by atoms with Gasteiger partial charge in [-0.2, -0.15) is 0 Å². The van der Waals surface area contributed by atoms with Gasteiger partial charge in [-0.05, 0) is 32.3 Å². The Hall–Kier alpha value is -1.16. The molecular formula is C16H23N3S. The van der Waals surface area contributed by atoms with Gasteiger partial charge in [0, 0.05) is 17.8 Å². The molecule has 1 aliphatic carbocycles. The molecule has 3 rings (SSSR count). The third kappa shape index (κ3) is 2.41. The maximum Gasteiger partial charge on any atom is 0.138 e. The van der Waals surface area contributed by atoms with Crippen molar-refractivity contribution in [2.45, 2.75) is 58.3 Å². The van der Waals surface area contributed by atoms with E-state index in [1.165, 1.54) is 54.4 Å². The van der Waals surface area contributed by atoms with Gasteiger partial charge in [-0.3, -0.25) is 0 Å². The molecule has 0 atom stereocenters. The topological polar surface area (TPSA) is 37.8 Å². The standard InChI is InChI=1S/C16H23N3S/c1-10-11(2)20-16-13(10)15(17-3)18-14(19-16)12-8-6-4-5-7-9-12/h12H,4-9H2,1-3H3,(H,17,18,19). The number of rotatable bonds is 2. The van der Waals surface area contributed by atoms with E-state index in [-0.39, 0.29) is 0 Å². The first-order chi connectivity index (χ1) is 9.70. The predicted molar refractivity (Wildman–Crippen MR) is 86.9 cm³/mol. The van der Waals surface area contributed by atoms with Crippen LogP contribution in [0.2, 0.25) is 0 Å². The molecule has 1 aliphatic rings. The second-order valence-corrected chi connectivity index (χ2v) is 7.04. The quantitative estimate of drug-likeness (QED) is 0.808. The summed E-state index contributed by atoms with van der Waals surface area (Å²) >= 11 is 1.80. The molecule has 0 aromatic carbocycles. The molecule has 108 valence electrons. The van der Waals surface area contributed by atoms with Crippen molar-refractivity contribution in [1.29, 1.82) is 0 Å². The van der Waals surface area contributed by atoms with Gasteiger partial charge >= 0.3 is 0 Å². The van der Waals surface area contributed by atoms with Crippen LogP contribution in [-0.2, 0) is 0 Å². The zero-order valence-corrected chi connectivity index (χ0v) is 13.4. The molecule has 1 fully saturated rings. The van der Waals surface area contributed by atoms with Crippen LogP contribution in [0.3, 0.4) is 0 Å². The lowest BCUT2D eigenvalue weighted by Gasteiger charge is -2.14. The summed E-state index contributed by atoms with van der Waals surface area (Å²) in [5.41, 5.74) is 1.32. The van der Waals surface area contributed by atoms with E-state index in [0.29, 0.717) is 5.92 Å². The monoisotopic (exact) mass is 289 g/mol. The summed E-state index contributed by atoms with van der Waals surface area (Å²) < 4.78 is 0. The van der Waals surface area contributed by atoms with Crippen molar-refractivity contribution in [2.24, 2.45) is 0 Å². The number of anilines is 1. The van der Waals surface area contributed by atoms with Crippen molar-refractivity contribution < 1.29 is 0 Å². The first-order valence-corrected chi connectivity index (χ1v) is 8.47. The van der Waals surface area contributed by atoms with Gasteiger partial charge in [0.1, 0.15) is 16.5 Å². The second kappa shape index (κ2) is 5.68. The number of aryl methyl sites for hydroxylation is 2.